The molecule has 0 radical (unpaired) electrons. The van der Waals surface area contributed by atoms with E-state index >= 15 is 0 Å². The van der Waals surface area contributed by atoms with E-state index in [-0.39, 0.29) is 0 Å². The normalized spacial score (nSPS) is 20.0. The van der Waals surface area contributed by atoms with Crippen molar-refractivity contribution in [2.45, 2.75) is 104 Å². The molecule has 0 aliphatic heterocycles. The highest BCUT2D eigenvalue weighted by Crippen LogP contribution is 2.21. The van der Waals surface area contributed by atoms with Crippen molar-refractivity contribution in [1.29, 1.82) is 0 Å². The lowest BCUT2D eigenvalue weighted by Gasteiger charge is -2.28. The Morgan fingerprint density at radius 2 is 1.06 bits per heavy atom. The Kier molecular flexibility index (Phi) is 16.0. The Hall–Kier alpha value is -1.83. The maximum absolute atomic E-state index is 13.0. The Morgan fingerprint density at radius 1 is 0.639 bits per heavy atom. The van der Waals surface area contributed by atoms with Crippen LogP contribution in [0.1, 0.15) is 60.8 Å². The summed E-state index contributed by atoms with van der Waals surface area (Å²) in [7, 11) is 0. The van der Waals surface area contributed by atoms with Gasteiger partial charge in [-0.05, 0) is 18.8 Å². The van der Waals surface area contributed by atoms with Crippen LogP contribution >= 0.6 is 0 Å². The Labute approximate surface area is 212 Å². The maximum atomic E-state index is 13.0. The number of ether oxygens (including phenoxy) is 3. The van der Waals surface area contributed by atoms with E-state index < -0.39 is 91.6 Å². The first kappa shape index (κ1) is 34.2. The molecule has 0 spiro atoms. The predicted molar refractivity (Wildman–Crippen MR) is 126 cm³/mol. The number of aliphatic hydroxyl groups is 6. The molecule has 0 rings (SSSR count). The van der Waals surface area contributed by atoms with E-state index in [1.807, 2.05) is 0 Å². The van der Waals surface area contributed by atoms with Crippen LogP contribution in [-0.4, -0.2) is 104 Å². The van der Waals surface area contributed by atoms with Crippen LogP contribution < -0.4 is 0 Å². The van der Waals surface area contributed by atoms with Crippen molar-refractivity contribution in [3.63, 3.8) is 0 Å². The molecule has 0 saturated carbocycles. The molecule has 10 unspecified atom stereocenters. The van der Waals surface area contributed by atoms with Gasteiger partial charge in [0.15, 0.2) is 6.10 Å². The molecule has 0 saturated heterocycles. The van der Waals surface area contributed by atoms with Crippen LogP contribution in [0.5, 0.6) is 0 Å². The zero-order chi connectivity index (χ0) is 28.2. The van der Waals surface area contributed by atoms with Crippen molar-refractivity contribution >= 4 is 17.9 Å². The summed E-state index contributed by atoms with van der Waals surface area (Å²) in [6.45, 7) is 8.54. The van der Waals surface area contributed by atoms with Crippen molar-refractivity contribution in [2.24, 2.45) is 17.8 Å². The minimum atomic E-state index is -1.93. The fourth-order valence-electron chi connectivity index (χ4n) is 2.98. The van der Waals surface area contributed by atoms with Gasteiger partial charge in [0, 0.05) is 11.8 Å². The summed E-state index contributed by atoms with van der Waals surface area (Å²) in [4.78, 5) is 38.0. The zero-order valence-corrected chi connectivity index (χ0v) is 21.9. The molecule has 0 aromatic rings. The molecule has 0 aromatic carbocycles. The van der Waals surface area contributed by atoms with E-state index in [4.69, 9.17) is 19.3 Å². The van der Waals surface area contributed by atoms with Gasteiger partial charge >= 0.3 is 17.9 Å². The molecule has 6 N–H and O–H groups in total. The highest BCUT2D eigenvalue weighted by molar-refractivity contribution is 5.84. The van der Waals surface area contributed by atoms with Crippen LogP contribution in [0, 0.1) is 17.8 Å². The highest BCUT2D eigenvalue weighted by Gasteiger charge is 2.38. The molecule has 10 atom stereocenters. The second kappa shape index (κ2) is 16.8. The summed E-state index contributed by atoms with van der Waals surface area (Å²) in [6.07, 6.45) is -10.3. The first-order valence-corrected chi connectivity index (χ1v) is 12.4. The summed E-state index contributed by atoms with van der Waals surface area (Å²) >= 11 is 0. The van der Waals surface area contributed by atoms with Gasteiger partial charge in [-0.15, -0.1) is 0 Å². The fraction of sp³-hybridized carbons (Fsp3) is 0.875. The van der Waals surface area contributed by atoms with Crippen molar-refractivity contribution < 1.29 is 59.2 Å². The molecular formula is C24H44O12. The molecule has 0 aliphatic rings. The summed E-state index contributed by atoms with van der Waals surface area (Å²) in [5.74, 6) is -4.45. The number of esters is 3. The lowest BCUT2D eigenvalue weighted by molar-refractivity contribution is -0.190. The minimum Gasteiger partial charge on any atom is -0.460 e. The van der Waals surface area contributed by atoms with E-state index in [1.54, 1.807) is 41.5 Å². The third kappa shape index (κ3) is 10.3. The molecule has 0 heterocycles. The van der Waals surface area contributed by atoms with E-state index in [0.29, 0.717) is 19.3 Å². The fourth-order valence-corrected chi connectivity index (χ4v) is 2.98. The number of aliphatic hydroxyl groups excluding tert-OH is 6. The SMILES string of the molecule is CCC(C)C(O)C(=O)OC(C(=O)OC(C(=O)OCC(O)C(O)C(O)C(O)CO)C(C)CC)C(C)CC. The smallest absolute Gasteiger partial charge is 0.348 e. The Bertz CT molecular complexity index is 671. The lowest BCUT2D eigenvalue weighted by Crippen LogP contribution is -2.48. The van der Waals surface area contributed by atoms with Gasteiger partial charge in [0.1, 0.15) is 31.0 Å². The van der Waals surface area contributed by atoms with E-state index in [1.165, 1.54) is 0 Å². The first-order chi connectivity index (χ1) is 16.8. The Balaban J connectivity index is 5.45. The molecule has 0 amide bonds. The van der Waals surface area contributed by atoms with E-state index in [9.17, 15) is 39.9 Å². The lowest BCUT2D eigenvalue weighted by atomic mass is 9.99. The van der Waals surface area contributed by atoms with Gasteiger partial charge in [0.2, 0.25) is 12.2 Å². The highest BCUT2D eigenvalue weighted by atomic mass is 16.6. The van der Waals surface area contributed by atoms with Crippen molar-refractivity contribution in [3.05, 3.63) is 0 Å². The molecule has 0 fully saturated rings. The largest absolute Gasteiger partial charge is 0.460 e. The molecule has 12 nitrogen and oxygen atoms in total. The van der Waals surface area contributed by atoms with Crippen LogP contribution in [0.2, 0.25) is 0 Å². The number of carbonyl (C=O) groups excluding carboxylic acids is 3. The third-order valence-electron chi connectivity index (χ3n) is 6.42. The van der Waals surface area contributed by atoms with Crippen LogP contribution in [0.25, 0.3) is 0 Å². The molecule has 0 bridgehead atoms. The molecule has 36 heavy (non-hydrogen) atoms. The van der Waals surface area contributed by atoms with Gasteiger partial charge < -0.3 is 44.8 Å². The summed E-state index contributed by atoms with van der Waals surface area (Å²) < 4.78 is 15.6. The van der Waals surface area contributed by atoms with Gasteiger partial charge in [-0.2, -0.15) is 0 Å². The topological polar surface area (TPSA) is 200 Å². The monoisotopic (exact) mass is 524 g/mol. The summed E-state index contributed by atoms with van der Waals surface area (Å²) in [5.41, 5.74) is 0. The number of carbonyl (C=O) groups is 3. The van der Waals surface area contributed by atoms with Gasteiger partial charge in [-0.1, -0.05) is 48.0 Å². The standard InChI is InChI=1S/C24H44O12/c1-7-12(4)17(28)22(31)35-21(14(6)9-3)24(33)36-20(13(5)8-2)23(32)34-11-16(27)19(30)18(29)15(26)10-25/h12-21,25-30H,7-11H2,1-6H3. The quantitative estimate of drug-likeness (QED) is 0.103. The number of rotatable bonds is 17. The second-order valence-corrected chi connectivity index (χ2v) is 9.24. The number of hydrogen-bond acceptors (Lipinski definition) is 12. The van der Waals surface area contributed by atoms with Crippen molar-refractivity contribution in [3.8, 4) is 0 Å². The van der Waals surface area contributed by atoms with Gasteiger partial charge in [-0.25, -0.2) is 14.4 Å². The van der Waals surface area contributed by atoms with Crippen molar-refractivity contribution in [2.75, 3.05) is 13.2 Å². The van der Waals surface area contributed by atoms with Gasteiger partial charge in [0.25, 0.3) is 0 Å². The minimum absolute atomic E-state index is 0.389. The molecule has 212 valence electrons. The average molecular weight is 525 g/mol. The third-order valence-corrected chi connectivity index (χ3v) is 6.42. The van der Waals surface area contributed by atoms with Gasteiger partial charge in [0.05, 0.1) is 6.61 Å². The Morgan fingerprint density at radius 3 is 1.50 bits per heavy atom. The predicted octanol–water partition coefficient (Wildman–Crippen LogP) is -0.712. The summed E-state index contributed by atoms with van der Waals surface area (Å²) in [6, 6.07) is 0. The van der Waals surface area contributed by atoms with Crippen LogP contribution in [0.4, 0.5) is 0 Å². The average Bonchev–Trinajstić information content (AvgIpc) is 2.89. The summed E-state index contributed by atoms with van der Waals surface area (Å²) in [5, 5.41) is 57.9. The van der Waals surface area contributed by atoms with Crippen molar-refractivity contribution in [1.82, 2.24) is 0 Å². The molecule has 0 aromatic heterocycles. The zero-order valence-electron chi connectivity index (χ0n) is 21.9. The molecule has 0 aliphatic carbocycles. The van der Waals surface area contributed by atoms with Gasteiger partial charge in [-0.3, -0.25) is 0 Å². The maximum Gasteiger partial charge on any atom is 0.348 e. The second-order valence-electron chi connectivity index (χ2n) is 9.24. The molecular weight excluding hydrogens is 480 g/mol. The van der Waals surface area contributed by atoms with E-state index in [2.05, 4.69) is 0 Å². The van der Waals surface area contributed by atoms with Crippen LogP contribution in [0.15, 0.2) is 0 Å². The van der Waals surface area contributed by atoms with Crippen LogP contribution in [-0.2, 0) is 28.6 Å². The first-order valence-electron chi connectivity index (χ1n) is 12.4. The van der Waals surface area contributed by atoms with Crippen LogP contribution in [0.3, 0.4) is 0 Å². The molecule has 12 heteroatoms. The number of hydrogen-bond donors (Lipinski definition) is 6. The van der Waals surface area contributed by atoms with E-state index in [0.717, 1.165) is 0 Å².